The summed E-state index contributed by atoms with van der Waals surface area (Å²) in [5, 5.41) is 3.34. The van der Waals surface area contributed by atoms with Gasteiger partial charge in [-0.2, -0.15) is 0 Å². The third kappa shape index (κ3) is 3.37. The summed E-state index contributed by atoms with van der Waals surface area (Å²) in [7, 11) is 0. The maximum atomic E-state index is 13.3. The van der Waals surface area contributed by atoms with E-state index in [-0.39, 0.29) is 11.9 Å². The molecule has 0 aliphatic heterocycles. The van der Waals surface area contributed by atoms with E-state index in [1.165, 1.54) is 6.07 Å². The highest BCUT2D eigenvalue weighted by Crippen LogP contribution is 2.17. The Morgan fingerprint density at radius 2 is 2.22 bits per heavy atom. The van der Waals surface area contributed by atoms with Crippen molar-refractivity contribution in [2.75, 3.05) is 0 Å². The van der Waals surface area contributed by atoms with E-state index in [9.17, 15) is 4.39 Å². The molecule has 0 bridgehead atoms. The molecule has 0 saturated carbocycles. The van der Waals surface area contributed by atoms with Gasteiger partial charge in [-0.3, -0.25) is 4.98 Å². The number of hydrogen-bond donors (Lipinski definition) is 1. The molecular weight excluding hydrogens is 295 g/mol. The van der Waals surface area contributed by atoms with Gasteiger partial charge in [0.2, 0.25) is 0 Å². The van der Waals surface area contributed by atoms with Crippen molar-refractivity contribution in [3.05, 3.63) is 64.1 Å². The molecule has 94 valence electrons. The van der Waals surface area contributed by atoms with Crippen molar-refractivity contribution >= 4 is 15.9 Å². The van der Waals surface area contributed by atoms with E-state index in [2.05, 4.69) is 33.2 Å². The van der Waals surface area contributed by atoms with Crippen molar-refractivity contribution in [2.24, 2.45) is 0 Å². The number of nitrogens with zero attached hydrogens (tertiary/aromatic N) is 1. The van der Waals surface area contributed by atoms with Gasteiger partial charge in [-0.25, -0.2) is 4.39 Å². The van der Waals surface area contributed by atoms with Gasteiger partial charge < -0.3 is 5.32 Å². The molecule has 4 heteroatoms. The molecule has 1 N–H and O–H groups in total. The van der Waals surface area contributed by atoms with Gasteiger partial charge in [0.1, 0.15) is 5.82 Å². The number of nitrogens with one attached hydrogen (secondary N) is 1. The van der Waals surface area contributed by atoms with Gasteiger partial charge in [0.25, 0.3) is 0 Å². The van der Waals surface area contributed by atoms with Crippen LogP contribution in [0.15, 0.2) is 47.2 Å². The number of benzene rings is 1. The molecule has 1 aromatic carbocycles. The highest BCUT2D eigenvalue weighted by molar-refractivity contribution is 9.10. The molecule has 0 aliphatic carbocycles. The Hall–Kier alpha value is -1.26. The molecule has 2 nitrogen and oxygen atoms in total. The summed E-state index contributed by atoms with van der Waals surface area (Å²) in [5.41, 5.74) is 2.04. The van der Waals surface area contributed by atoms with Gasteiger partial charge in [-0.1, -0.05) is 12.1 Å². The molecule has 18 heavy (non-hydrogen) atoms. The van der Waals surface area contributed by atoms with Gasteiger partial charge in [0.05, 0.1) is 4.47 Å². The van der Waals surface area contributed by atoms with Crippen molar-refractivity contribution in [2.45, 2.75) is 19.5 Å². The fourth-order valence-electron chi connectivity index (χ4n) is 1.67. The molecule has 0 unspecified atom stereocenters. The Kier molecular flexibility index (Phi) is 4.44. The second-order valence-corrected chi connectivity index (χ2v) is 4.99. The average molecular weight is 309 g/mol. The lowest BCUT2D eigenvalue weighted by atomic mass is 10.1. The molecule has 2 rings (SSSR count). The van der Waals surface area contributed by atoms with Crippen molar-refractivity contribution in [1.82, 2.24) is 10.3 Å². The summed E-state index contributed by atoms with van der Waals surface area (Å²) >= 11 is 3.14. The fraction of sp³-hybridized carbons (Fsp3) is 0.214. The summed E-state index contributed by atoms with van der Waals surface area (Å²) in [6, 6.07) is 9.27. The van der Waals surface area contributed by atoms with Crippen LogP contribution in [0.5, 0.6) is 0 Å². The number of pyridine rings is 1. The predicted molar refractivity (Wildman–Crippen MR) is 73.6 cm³/mol. The third-order valence-electron chi connectivity index (χ3n) is 2.78. The smallest absolute Gasteiger partial charge is 0.137 e. The van der Waals surface area contributed by atoms with Crippen LogP contribution in [-0.4, -0.2) is 4.98 Å². The summed E-state index contributed by atoms with van der Waals surface area (Å²) < 4.78 is 13.8. The molecule has 0 fully saturated rings. The Bertz CT molecular complexity index is 516. The molecule has 0 spiro atoms. The zero-order chi connectivity index (χ0) is 13.0. The Balaban J connectivity index is 1.97. The van der Waals surface area contributed by atoms with E-state index < -0.39 is 0 Å². The molecule has 1 heterocycles. The second kappa shape index (κ2) is 6.07. The number of halogens is 2. The van der Waals surface area contributed by atoms with Crippen LogP contribution in [0.2, 0.25) is 0 Å². The first kappa shape index (κ1) is 13.2. The van der Waals surface area contributed by atoms with E-state index in [0.29, 0.717) is 11.0 Å². The molecule has 1 aromatic heterocycles. The molecule has 0 radical (unpaired) electrons. The number of rotatable bonds is 4. The maximum absolute atomic E-state index is 13.3. The van der Waals surface area contributed by atoms with E-state index in [4.69, 9.17) is 0 Å². The predicted octanol–water partition coefficient (Wildman–Crippen LogP) is 3.83. The molecular formula is C14H14BrFN2. The van der Waals surface area contributed by atoms with Crippen molar-refractivity contribution in [1.29, 1.82) is 0 Å². The van der Waals surface area contributed by atoms with Crippen molar-refractivity contribution < 1.29 is 4.39 Å². The standard InChI is InChI=1S/C14H14BrFN2/c1-10(12-3-2-6-17-9-12)18-8-11-4-5-13(15)14(16)7-11/h2-7,9-10,18H,8H2,1H3/t10-/m1/s1. The van der Waals surface area contributed by atoms with E-state index in [1.54, 1.807) is 12.3 Å². The number of aromatic nitrogens is 1. The lowest BCUT2D eigenvalue weighted by molar-refractivity contribution is 0.567. The second-order valence-electron chi connectivity index (χ2n) is 4.14. The monoisotopic (exact) mass is 308 g/mol. The largest absolute Gasteiger partial charge is 0.306 e. The highest BCUT2D eigenvalue weighted by Gasteiger charge is 2.05. The summed E-state index contributed by atoms with van der Waals surface area (Å²) in [4.78, 5) is 4.08. The van der Waals surface area contributed by atoms with Crippen molar-refractivity contribution in [3.8, 4) is 0 Å². The topological polar surface area (TPSA) is 24.9 Å². The average Bonchev–Trinajstić information content (AvgIpc) is 2.41. The van der Waals surface area contributed by atoms with Crippen LogP contribution in [-0.2, 0) is 6.54 Å². The zero-order valence-electron chi connectivity index (χ0n) is 10.0. The van der Waals surface area contributed by atoms with Crippen LogP contribution in [0.4, 0.5) is 4.39 Å². The van der Waals surface area contributed by atoms with Gasteiger partial charge in [0.15, 0.2) is 0 Å². The van der Waals surface area contributed by atoms with E-state index in [0.717, 1.165) is 11.1 Å². The molecule has 2 aromatic rings. The van der Waals surface area contributed by atoms with Crippen LogP contribution in [0, 0.1) is 5.82 Å². The summed E-state index contributed by atoms with van der Waals surface area (Å²) in [6.45, 7) is 2.69. The minimum absolute atomic E-state index is 0.186. The van der Waals surface area contributed by atoms with Crippen LogP contribution in [0.1, 0.15) is 24.1 Å². The quantitative estimate of drug-likeness (QED) is 0.928. The first-order valence-electron chi connectivity index (χ1n) is 5.74. The zero-order valence-corrected chi connectivity index (χ0v) is 11.6. The van der Waals surface area contributed by atoms with E-state index in [1.807, 2.05) is 24.4 Å². The SMILES string of the molecule is C[C@@H](NCc1ccc(Br)c(F)c1)c1cccnc1. The van der Waals surface area contributed by atoms with Gasteiger partial charge in [-0.05, 0) is 52.2 Å². The molecule has 1 atom stereocenters. The normalized spacial score (nSPS) is 12.4. The third-order valence-corrected chi connectivity index (χ3v) is 3.42. The maximum Gasteiger partial charge on any atom is 0.137 e. The molecule has 0 amide bonds. The highest BCUT2D eigenvalue weighted by atomic mass is 79.9. The lowest BCUT2D eigenvalue weighted by Crippen LogP contribution is -2.18. The minimum atomic E-state index is -0.233. The number of hydrogen-bond acceptors (Lipinski definition) is 2. The Morgan fingerprint density at radius 3 is 2.89 bits per heavy atom. The van der Waals surface area contributed by atoms with Gasteiger partial charge in [-0.15, -0.1) is 0 Å². The Labute approximate surface area is 114 Å². The van der Waals surface area contributed by atoms with Crippen LogP contribution in [0.3, 0.4) is 0 Å². The first-order valence-corrected chi connectivity index (χ1v) is 6.53. The fourth-order valence-corrected chi connectivity index (χ4v) is 1.92. The van der Waals surface area contributed by atoms with Crippen LogP contribution in [0.25, 0.3) is 0 Å². The first-order chi connectivity index (χ1) is 8.66. The van der Waals surface area contributed by atoms with Crippen LogP contribution < -0.4 is 5.32 Å². The minimum Gasteiger partial charge on any atom is -0.306 e. The summed E-state index contributed by atoms with van der Waals surface area (Å²) in [5.74, 6) is -0.233. The summed E-state index contributed by atoms with van der Waals surface area (Å²) in [6.07, 6.45) is 3.58. The Morgan fingerprint density at radius 1 is 1.39 bits per heavy atom. The molecule has 0 aliphatic rings. The van der Waals surface area contributed by atoms with Crippen LogP contribution >= 0.6 is 15.9 Å². The molecule has 0 saturated heterocycles. The van der Waals surface area contributed by atoms with E-state index >= 15 is 0 Å². The van der Waals surface area contributed by atoms with Gasteiger partial charge >= 0.3 is 0 Å². The lowest BCUT2D eigenvalue weighted by Gasteiger charge is -2.13. The van der Waals surface area contributed by atoms with Crippen molar-refractivity contribution in [3.63, 3.8) is 0 Å². The van der Waals surface area contributed by atoms with Gasteiger partial charge in [0, 0.05) is 25.0 Å².